The number of carbonyl (C=O) groups excluding carboxylic acids is 2. The van der Waals surface area contributed by atoms with E-state index in [1.807, 2.05) is 34.1 Å². The van der Waals surface area contributed by atoms with Gasteiger partial charge in [-0.25, -0.2) is 0 Å². The van der Waals surface area contributed by atoms with Crippen LogP contribution in [0.4, 0.5) is 0 Å². The molecule has 4 atom stereocenters. The Morgan fingerprint density at radius 1 is 1.33 bits per heavy atom. The molecule has 3 saturated heterocycles. The molecule has 0 radical (unpaired) electrons. The van der Waals surface area contributed by atoms with Gasteiger partial charge in [0.1, 0.15) is 5.60 Å². The Hall–Kier alpha value is -2.25. The molecule has 1 aromatic rings. The van der Waals surface area contributed by atoms with Crippen molar-refractivity contribution < 1.29 is 14.3 Å². The molecular formula is C20H24N4O3. The quantitative estimate of drug-likeness (QED) is 0.710. The number of amides is 2. The topological polar surface area (TPSA) is 66.0 Å². The van der Waals surface area contributed by atoms with Crippen LogP contribution in [0.2, 0.25) is 0 Å². The van der Waals surface area contributed by atoms with Crippen LogP contribution >= 0.6 is 0 Å². The molecule has 4 aliphatic rings. The number of hydrogen-bond donors (Lipinski definition) is 0. The van der Waals surface area contributed by atoms with Gasteiger partial charge in [0.25, 0.3) is 0 Å². The summed E-state index contributed by atoms with van der Waals surface area (Å²) in [5, 5.41) is 0. The Morgan fingerprint density at radius 2 is 2.15 bits per heavy atom. The predicted molar refractivity (Wildman–Crippen MR) is 97.5 cm³/mol. The van der Waals surface area contributed by atoms with Crippen LogP contribution in [-0.4, -0.2) is 83.0 Å². The van der Waals surface area contributed by atoms with E-state index in [1.54, 1.807) is 12.4 Å². The molecule has 3 fully saturated rings. The Morgan fingerprint density at radius 3 is 2.89 bits per heavy atom. The number of pyridine rings is 1. The number of piperazine rings is 1. The molecule has 7 heteroatoms. The minimum Gasteiger partial charge on any atom is -0.360 e. The first-order valence-corrected chi connectivity index (χ1v) is 9.60. The minimum atomic E-state index is -0.642. The van der Waals surface area contributed by atoms with E-state index in [4.69, 9.17) is 4.74 Å². The molecule has 2 amide bonds. The van der Waals surface area contributed by atoms with Crippen molar-refractivity contribution in [1.82, 2.24) is 19.7 Å². The summed E-state index contributed by atoms with van der Waals surface area (Å²) in [5.74, 6) is -0.708. The molecule has 5 rings (SSSR count). The van der Waals surface area contributed by atoms with Crippen molar-refractivity contribution in [3.05, 3.63) is 42.2 Å². The lowest BCUT2D eigenvalue weighted by Gasteiger charge is -2.35. The van der Waals surface area contributed by atoms with Gasteiger partial charge in [-0.3, -0.25) is 14.6 Å². The van der Waals surface area contributed by atoms with Crippen molar-refractivity contribution in [3.8, 4) is 0 Å². The highest BCUT2D eigenvalue weighted by molar-refractivity contribution is 5.93. The molecule has 0 N–H and O–H groups in total. The van der Waals surface area contributed by atoms with Gasteiger partial charge < -0.3 is 19.4 Å². The maximum Gasteiger partial charge on any atom is 0.230 e. The van der Waals surface area contributed by atoms with Crippen molar-refractivity contribution in [2.75, 3.05) is 39.8 Å². The molecule has 2 unspecified atom stereocenters. The van der Waals surface area contributed by atoms with Gasteiger partial charge >= 0.3 is 0 Å². The number of nitrogens with zero attached hydrogens (tertiary/aromatic N) is 4. The van der Waals surface area contributed by atoms with Crippen LogP contribution in [0, 0.1) is 11.8 Å². The van der Waals surface area contributed by atoms with Crippen LogP contribution in [0.5, 0.6) is 0 Å². The summed E-state index contributed by atoms with van der Waals surface area (Å²) in [5.41, 5.74) is 0.347. The molecule has 2 bridgehead atoms. The maximum atomic E-state index is 13.3. The summed E-state index contributed by atoms with van der Waals surface area (Å²) < 4.78 is 6.22. The summed E-state index contributed by atoms with van der Waals surface area (Å²) >= 11 is 0. The third-order valence-corrected chi connectivity index (χ3v) is 6.38. The van der Waals surface area contributed by atoms with Crippen molar-refractivity contribution in [2.45, 2.75) is 18.2 Å². The second-order valence-electron chi connectivity index (χ2n) is 8.08. The van der Waals surface area contributed by atoms with Gasteiger partial charge in [-0.05, 0) is 18.7 Å². The molecule has 1 aromatic heterocycles. The van der Waals surface area contributed by atoms with Gasteiger partial charge in [-0.15, -0.1) is 0 Å². The van der Waals surface area contributed by atoms with Crippen molar-refractivity contribution in [1.29, 1.82) is 0 Å². The van der Waals surface area contributed by atoms with Crippen LogP contribution in [-0.2, 0) is 20.9 Å². The van der Waals surface area contributed by atoms with Crippen LogP contribution in [0.3, 0.4) is 0 Å². The second-order valence-corrected chi connectivity index (χ2v) is 8.08. The number of aromatic nitrogens is 1. The van der Waals surface area contributed by atoms with Crippen LogP contribution in [0.15, 0.2) is 36.7 Å². The highest BCUT2D eigenvalue weighted by Crippen LogP contribution is 2.52. The lowest BCUT2D eigenvalue weighted by atomic mass is 9.76. The molecule has 4 aliphatic heterocycles. The summed E-state index contributed by atoms with van der Waals surface area (Å²) in [4.78, 5) is 36.6. The first-order valence-electron chi connectivity index (χ1n) is 9.60. The number of fused-ring (bicyclic) bond motifs is 1. The Bertz CT molecular complexity index is 790. The molecule has 0 aliphatic carbocycles. The predicted octanol–water partition coefficient (Wildman–Crippen LogP) is 0.138. The number of hydrogen-bond acceptors (Lipinski definition) is 5. The fourth-order valence-corrected chi connectivity index (χ4v) is 4.94. The van der Waals surface area contributed by atoms with E-state index in [9.17, 15) is 9.59 Å². The summed E-state index contributed by atoms with van der Waals surface area (Å²) in [6.07, 6.45) is 7.22. The first kappa shape index (κ1) is 16.9. The zero-order valence-electron chi connectivity index (χ0n) is 15.5. The number of rotatable bonds is 3. The average Bonchev–Trinajstić information content (AvgIpc) is 3.31. The Kier molecular flexibility index (Phi) is 3.84. The number of likely N-dealkylation sites (N-methyl/N-ethyl adjacent to an activating group) is 1. The maximum absolute atomic E-state index is 13.3. The fourth-order valence-electron chi connectivity index (χ4n) is 4.94. The number of ether oxygens (including phenoxy) is 1. The Balaban J connectivity index is 1.38. The zero-order valence-corrected chi connectivity index (χ0v) is 15.5. The van der Waals surface area contributed by atoms with E-state index in [0.29, 0.717) is 13.1 Å². The van der Waals surface area contributed by atoms with E-state index in [1.165, 1.54) is 0 Å². The van der Waals surface area contributed by atoms with E-state index < -0.39 is 17.4 Å². The van der Waals surface area contributed by atoms with E-state index >= 15 is 0 Å². The molecule has 0 aromatic carbocycles. The molecule has 0 saturated carbocycles. The van der Waals surface area contributed by atoms with Gasteiger partial charge in [-0.2, -0.15) is 0 Å². The monoisotopic (exact) mass is 368 g/mol. The molecular weight excluding hydrogens is 344 g/mol. The van der Waals surface area contributed by atoms with Crippen LogP contribution < -0.4 is 0 Å². The fraction of sp³-hybridized carbons (Fsp3) is 0.550. The third-order valence-electron chi connectivity index (χ3n) is 6.38. The summed E-state index contributed by atoms with van der Waals surface area (Å²) in [7, 11) is 2.07. The molecule has 7 nitrogen and oxygen atoms in total. The van der Waals surface area contributed by atoms with Crippen LogP contribution in [0.1, 0.15) is 5.56 Å². The van der Waals surface area contributed by atoms with Gasteiger partial charge in [0.05, 0.1) is 24.5 Å². The molecule has 142 valence electrons. The number of likely N-dealkylation sites (tertiary alicyclic amines) is 1. The second kappa shape index (κ2) is 6.14. The molecule has 5 heterocycles. The third kappa shape index (κ3) is 2.60. The van der Waals surface area contributed by atoms with Gasteiger partial charge in [-0.1, -0.05) is 18.2 Å². The summed E-state index contributed by atoms with van der Waals surface area (Å²) in [6.45, 7) is 4.19. The van der Waals surface area contributed by atoms with Gasteiger partial charge in [0.15, 0.2) is 0 Å². The van der Waals surface area contributed by atoms with E-state index in [2.05, 4.69) is 16.9 Å². The lowest BCUT2D eigenvalue weighted by molar-refractivity contribution is -0.144. The van der Waals surface area contributed by atoms with Gasteiger partial charge in [0, 0.05) is 45.1 Å². The first-order chi connectivity index (χ1) is 13.1. The number of carbonyl (C=O) groups is 2. The average molecular weight is 368 g/mol. The SMILES string of the molecule is CN1CCN(C(=O)C2C3C(=O)N(Cc4cccnc4)C[C@]34C=C[C@H]2O4)CC1. The zero-order chi connectivity index (χ0) is 18.6. The van der Waals surface area contributed by atoms with E-state index in [0.717, 1.165) is 31.7 Å². The van der Waals surface area contributed by atoms with E-state index in [-0.39, 0.29) is 17.9 Å². The van der Waals surface area contributed by atoms with Crippen LogP contribution in [0.25, 0.3) is 0 Å². The highest BCUT2D eigenvalue weighted by atomic mass is 16.5. The Labute approximate surface area is 158 Å². The molecule has 1 spiro atoms. The van der Waals surface area contributed by atoms with Crippen molar-refractivity contribution in [3.63, 3.8) is 0 Å². The standard InChI is InChI=1S/C20H24N4O3/c1-22-7-9-23(10-8-22)18(25)16-15-4-5-20(27-15)13-24(19(26)17(16)20)12-14-3-2-6-21-11-14/h2-6,11,15-17H,7-10,12-13H2,1H3/t15-,16?,17?,20-/m1/s1. The minimum absolute atomic E-state index is 0.0261. The van der Waals surface area contributed by atoms with Crippen molar-refractivity contribution in [2.24, 2.45) is 11.8 Å². The summed E-state index contributed by atoms with van der Waals surface area (Å²) in [6, 6.07) is 3.84. The normalized spacial score (nSPS) is 35.1. The molecule has 27 heavy (non-hydrogen) atoms. The largest absolute Gasteiger partial charge is 0.360 e. The lowest BCUT2D eigenvalue weighted by Crippen LogP contribution is -2.52. The van der Waals surface area contributed by atoms with Crippen molar-refractivity contribution >= 4 is 11.8 Å². The highest BCUT2D eigenvalue weighted by Gasteiger charge is 2.67. The van der Waals surface area contributed by atoms with Gasteiger partial charge in [0.2, 0.25) is 11.8 Å². The smallest absolute Gasteiger partial charge is 0.230 e.